The Labute approximate surface area is 118 Å². The molecule has 1 aliphatic rings. The molecule has 0 atom stereocenters. The number of rotatable bonds is 3. The Hall–Kier alpha value is -1.47. The van der Waals surface area contributed by atoms with E-state index in [0.29, 0.717) is 23.4 Å². The van der Waals surface area contributed by atoms with E-state index in [1.807, 2.05) is 0 Å². The van der Waals surface area contributed by atoms with E-state index in [1.54, 1.807) is 6.07 Å². The molecule has 1 saturated heterocycles. The molecule has 1 fully saturated rings. The van der Waals surface area contributed by atoms with E-state index < -0.39 is 17.4 Å². The van der Waals surface area contributed by atoms with Crippen molar-refractivity contribution in [1.82, 2.24) is 10.3 Å². The fourth-order valence-corrected chi connectivity index (χ4v) is 2.31. The van der Waals surface area contributed by atoms with E-state index in [9.17, 15) is 14.7 Å². The Kier molecular flexibility index (Phi) is 4.16. The van der Waals surface area contributed by atoms with Gasteiger partial charge in [-0.3, -0.25) is 4.79 Å². The van der Waals surface area contributed by atoms with Gasteiger partial charge in [0.25, 0.3) is 5.91 Å². The Morgan fingerprint density at radius 3 is 2.68 bits per heavy atom. The summed E-state index contributed by atoms with van der Waals surface area (Å²) in [7, 11) is 0. The molecule has 102 valence electrons. The van der Waals surface area contributed by atoms with Gasteiger partial charge < -0.3 is 15.2 Å². The van der Waals surface area contributed by atoms with Gasteiger partial charge >= 0.3 is 5.97 Å². The number of carbonyl (C=O) groups is 2. The van der Waals surface area contributed by atoms with Gasteiger partial charge in [-0.1, -0.05) is 0 Å². The molecule has 1 aliphatic heterocycles. The van der Waals surface area contributed by atoms with Crippen molar-refractivity contribution >= 4 is 27.8 Å². The number of halogens is 1. The number of hydrogen-bond donors (Lipinski definition) is 2. The molecule has 19 heavy (non-hydrogen) atoms. The highest BCUT2D eigenvalue weighted by molar-refractivity contribution is 9.10. The number of carboxylic acids is 1. The highest BCUT2D eigenvalue weighted by Crippen LogP contribution is 2.22. The summed E-state index contributed by atoms with van der Waals surface area (Å²) in [4.78, 5) is 27.5. The molecular weight excluding hydrogens is 316 g/mol. The fourth-order valence-electron chi connectivity index (χ4n) is 1.95. The minimum atomic E-state index is -1.24. The molecule has 1 aromatic heterocycles. The van der Waals surface area contributed by atoms with Gasteiger partial charge in [0, 0.05) is 37.8 Å². The van der Waals surface area contributed by atoms with Crippen molar-refractivity contribution in [2.45, 2.75) is 18.4 Å². The van der Waals surface area contributed by atoms with Crippen molar-refractivity contribution in [2.75, 3.05) is 13.2 Å². The Morgan fingerprint density at radius 2 is 2.11 bits per heavy atom. The third kappa shape index (κ3) is 3.10. The highest BCUT2D eigenvalue weighted by atomic mass is 79.9. The van der Waals surface area contributed by atoms with E-state index in [1.165, 1.54) is 12.3 Å². The number of nitrogens with one attached hydrogen (secondary N) is 1. The number of carbonyl (C=O) groups excluding carboxylic acids is 1. The van der Waals surface area contributed by atoms with Gasteiger partial charge in [0.2, 0.25) is 0 Å². The molecular formula is C12H13BrN2O4. The Balaban J connectivity index is 2.18. The molecule has 0 aromatic carbocycles. The molecule has 2 rings (SSSR count). The van der Waals surface area contributed by atoms with Crippen molar-refractivity contribution in [2.24, 2.45) is 0 Å². The molecule has 0 spiro atoms. The average molecular weight is 329 g/mol. The molecule has 1 aromatic rings. The van der Waals surface area contributed by atoms with Crippen LogP contribution < -0.4 is 5.32 Å². The van der Waals surface area contributed by atoms with Gasteiger partial charge in [0.1, 0.15) is 10.1 Å². The first-order valence-corrected chi connectivity index (χ1v) is 6.58. The first-order chi connectivity index (χ1) is 9.03. The monoisotopic (exact) mass is 328 g/mol. The summed E-state index contributed by atoms with van der Waals surface area (Å²) >= 11 is 3.17. The second-order valence-corrected chi connectivity index (χ2v) is 5.13. The normalized spacial score (nSPS) is 17.7. The van der Waals surface area contributed by atoms with Crippen LogP contribution in [0.1, 0.15) is 23.2 Å². The first-order valence-electron chi connectivity index (χ1n) is 5.79. The van der Waals surface area contributed by atoms with Crippen LogP contribution in [0.25, 0.3) is 0 Å². The predicted octanol–water partition coefficient (Wildman–Crippen LogP) is 1.21. The molecule has 0 radical (unpaired) electrons. The van der Waals surface area contributed by atoms with Crippen LogP contribution >= 0.6 is 15.9 Å². The number of ether oxygens (including phenoxy) is 1. The molecule has 6 nitrogen and oxygen atoms in total. The maximum Gasteiger partial charge on any atom is 0.329 e. The lowest BCUT2D eigenvalue weighted by molar-refractivity contribution is -0.148. The number of amides is 1. The number of pyridine rings is 1. The van der Waals surface area contributed by atoms with Gasteiger partial charge in [-0.15, -0.1) is 0 Å². The third-order valence-electron chi connectivity index (χ3n) is 3.10. The lowest BCUT2D eigenvalue weighted by Crippen LogP contribution is -2.57. The van der Waals surface area contributed by atoms with Crippen LogP contribution in [-0.2, 0) is 9.53 Å². The zero-order chi connectivity index (χ0) is 13.9. The molecule has 2 N–H and O–H groups in total. The fraction of sp³-hybridized carbons (Fsp3) is 0.417. The van der Waals surface area contributed by atoms with Crippen molar-refractivity contribution in [3.63, 3.8) is 0 Å². The maximum atomic E-state index is 12.1. The van der Waals surface area contributed by atoms with Crippen LogP contribution in [-0.4, -0.2) is 40.7 Å². The van der Waals surface area contributed by atoms with E-state index in [-0.39, 0.29) is 12.8 Å². The summed E-state index contributed by atoms with van der Waals surface area (Å²) in [6, 6.07) is 3.08. The number of carboxylic acid groups (broad SMARTS) is 1. The van der Waals surface area contributed by atoms with Crippen molar-refractivity contribution in [3.8, 4) is 0 Å². The van der Waals surface area contributed by atoms with Crippen LogP contribution in [0, 0.1) is 0 Å². The molecule has 0 unspecified atom stereocenters. The third-order valence-corrected chi connectivity index (χ3v) is 3.53. The number of aliphatic carboxylic acids is 1. The van der Waals surface area contributed by atoms with E-state index >= 15 is 0 Å². The van der Waals surface area contributed by atoms with Gasteiger partial charge in [-0.05, 0) is 28.1 Å². The SMILES string of the molecule is O=C(NC1(C(=O)O)CCOCC1)c1ccnc(Br)c1. The largest absolute Gasteiger partial charge is 0.480 e. The molecule has 7 heteroatoms. The predicted molar refractivity (Wildman–Crippen MR) is 69.8 cm³/mol. The molecule has 0 aliphatic carbocycles. The van der Waals surface area contributed by atoms with E-state index in [4.69, 9.17) is 4.74 Å². The summed E-state index contributed by atoms with van der Waals surface area (Å²) in [5.74, 6) is -1.45. The van der Waals surface area contributed by atoms with Crippen LogP contribution in [0.4, 0.5) is 0 Å². The first kappa shape index (κ1) is 14.0. The topological polar surface area (TPSA) is 88.5 Å². The van der Waals surface area contributed by atoms with Crippen LogP contribution in [0.15, 0.2) is 22.9 Å². The van der Waals surface area contributed by atoms with Crippen LogP contribution in [0.3, 0.4) is 0 Å². The zero-order valence-corrected chi connectivity index (χ0v) is 11.6. The van der Waals surface area contributed by atoms with Crippen LogP contribution in [0.5, 0.6) is 0 Å². The van der Waals surface area contributed by atoms with E-state index in [0.717, 1.165) is 0 Å². The van der Waals surface area contributed by atoms with Gasteiger partial charge in [-0.2, -0.15) is 0 Å². The van der Waals surface area contributed by atoms with E-state index in [2.05, 4.69) is 26.2 Å². The van der Waals surface area contributed by atoms with Crippen molar-refractivity contribution < 1.29 is 19.4 Å². The summed E-state index contributed by atoms with van der Waals surface area (Å²) in [5, 5.41) is 12.0. The van der Waals surface area contributed by atoms with Crippen molar-refractivity contribution in [3.05, 3.63) is 28.5 Å². The molecule has 0 saturated carbocycles. The molecule has 2 heterocycles. The summed E-state index contributed by atoms with van der Waals surface area (Å²) < 4.78 is 5.67. The van der Waals surface area contributed by atoms with Gasteiger partial charge in [0.05, 0.1) is 0 Å². The maximum absolute atomic E-state index is 12.1. The van der Waals surface area contributed by atoms with Crippen LogP contribution in [0.2, 0.25) is 0 Å². The summed E-state index contributed by atoms with van der Waals surface area (Å²) in [6.07, 6.45) is 2.01. The zero-order valence-electron chi connectivity index (χ0n) is 10.1. The van der Waals surface area contributed by atoms with Gasteiger partial charge in [0.15, 0.2) is 0 Å². The number of aromatic nitrogens is 1. The minimum Gasteiger partial charge on any atom is -0.480 e. The molecule has 0 bridgehead atoms. The summed E-state index contributed by atoms with van der Waals surface area (Å²) in [6.45, 7) is 0.652. The second kappa shape index (κ2) is 5.66. The molecule has 1 amide bonds. The summed E-state index contributed by atoms with van der Waals surface area (Å²) in [5.41, 5.74) is -0.876. The smallest absolute Gasteiger partial charge is 0.329 e. The lowest BCUT2D eigenvalue weighted by Gasteiger charge is -2.33. The lowest BCUT2D eigenvalue weighted by atomic mass is 9.90. The number of hydrogen-bond acceptors (Lipinski definition) is 4. The second-order valence-electron chi connectivity index (χ2n) is 4.32. The minimum absolute atomic E-state index is 0.264. The Bertz CT molecular complexity index is 500. The van der Waals surface area contributed by atoms with Crippen molar-refractivity contribution in [1.29, 1.82) is 0 Å². The van der Waals surface area contributed by atoms with Gasteiger partial charge in [-0.25, -0.2) is 9.78 Å². The standard InChI is InChI=1S/C12H13BrN2O4/c13-9-7-8(1-4-14-9)10(16)15-12(11(17)18)2-5-19-6-3-12/h1,4,7H,2-3,5-6H2,(H,15,16)(H,17,18). The Morgan fingerprint density at radius 1 is 1.42 bits per heavy atom. The highest BCUT2D eigenvalue weighted by Gasteiger charge is 2.41. The average Bonchev–Trinajstić information content (AvgIpc) is 2.39. The number of nitrogens with zero attached hydrogens (tertiary/aromatic N) is 1. The quantitative estimate of drug-likeness (QED) is 0.814.